The van der Waals surface area contributed by atoms with Gasteiger partial charge >= 0.3 is 0 Å². The summed E-state index contributed by atoms with van der Waals surface area (Å²) in [5.74, 6) is 2.03. The van der Waals surface area contributed by atoms with Crippen molar-refractivity contribution in [3.8, 4) is 5.88 Å². The number of aromatic nitrogens is 1. The number of ether oxygens (including phenoxy) is 2. The molecule has 0 N–H and O–H groups in total. The highest BCUT2D eigenvalue weighted by molar-refractivity contribution is 5.96. The summed E-state index contributed by atoms with van der Waals surface area (Å²) in [6.45, 7) is 6.83. The van der Waals surface area contributed by atoms with Crippen molar-refractivity contribution in [2.24, 2.45) is 10.9 Å². The summed E-state index contributed by atoms with van der Waals surface area (Å²) in [7, 11) is 1.68. The maximum absolute atomic E-state index is 5.80. The second-order valence-electron chi connectivity index (χ2n) is 8.74. The van der Waals surface area contributed by atoms with Gasteiger partial charge in [0.1, 0.15) is 6.61 Å². The summed E-state index contributed by atoms with van der Waals surface area (Å²) in [5.41, 5.74) is 5.22. The van der Waals surface area contributed by atoms with Gasteiger partial charge in [-0.1, -0.05) is 37.1 Å². The summed E-state index contributed by atoms with van der Waals surface area (Å²) in [6, 6.07) is 12.7. The molecule has 0 saturated heterocycles. The normalized spacial score (nSPS) is 19.2. The number of aliphatic imine (C=N–C) groups is 1. The largest absolute Gasteiger partial charge is 0.481 e. The van der Waals surface area contributed by atoms with E-state index in [1.54, 1.807) is 7.11 Å². The van der Waals surface area contributed by atoms with Gasteiger partial charge in [-0.2, -0.15) is 0 Å². The lowest BCUT2D eigenvalue weighted by Crippen LogP contribution is -2.17. The van der Waals surface area contributed by atoms with Gasteiger partial charge in [0.25, 0.3) is 0 Å². The molecular weight excluding hydrogens is 360 g/mol. The van der Waals surface area contributed by atoms with Crippen LogP contribution in [-0.2, 0) is 4.74 Å². The Morgan fingerprint density at radius 1 is 1.10 bits per heavy atom. The van der Waals surface area contributed by atoms with Gasteiger partial charge in [0, 0.05) is 16.7 Å². The number of hydrogen-bond acceptors (Lipinski definition) is 4. The van der Waals surface area contributed by atoms with Crippen LogP contribution in [0.15, 0.2) is 47.5 Å². The summed E-state index contributed by atoms with van der Waals surface area (Å²) in [6.07, 6.45) is 7.54. The van der Waals surface area contributed by atoms with Crippen LogP contribution in [0.1, 0.15) is 61.9 Å². The van der Waals surface area contributed by atoms with Gasteiger partial charge in [0.15, 0.2) is 0 Å². The molecule has 2 aliphatic rings. The monoisotopic (exact) mass is 390 g/mol. The van der Waals surface area contributed by atoms with Crippen molar-refractivity contribution < 1.29 is 9.47 Å². The van der Waals surface area contributed by atoms with E-state index in [9.17, 15) is 0 Å². The Labute approximate surface area is 173 Å². The molecular formula is C25H30N2O2. The molecule has 1 fully saturated rings. The molecule has 152 valence electrons. The molecule has 4 heteroatoms. The maximum Gasteiger partial charge on any atom is 0.216 e. The molecule has 1 aromatic carbocycles. The van der Waals surface area contributed by atoms with Gasteiger partial charge in [-0.3, -0.25) is 0 Å². The van der Waals surface area contributed by atoms with Crippen molar-refractivity contribution >= 4 is 11.5 Å². The van der Waals surface area contributed by atoms with Crippen molar-refractivity contribution in [2.75, 3.05) is 13.7 Å². The van der Waals surface area contributed by atoms with E-state index in [1.807, 2.05) is 6.92 Å². The molecule has 0 amide bonds. The number of hydrogen-bond donors (Lipinski definition) is 0. The molecule has 4 nitrogen and oxygen atoms in total. The summed E-state index contributed by atoms with van der Waals surface area (Å²) < 4.78 is 11.3. The fourth-order valence-electron chi connectivity index (χ4n) is 4.08. The molecule has 4 rings (SSSR count). The standard InChI is InChI=1S/C25H30N2O2/c1-17-9-14-22(26-23(17)28-4)21(15-18-7-5-6-8-18)19-10-12-20(13-11-19)24-27-25(2,3)16-29-24/h9-15,18H,5-8,16H2,1-4H3/b21-15-. The first-order valence-electron chi connectivity index (χ1n) is 10.5. The van der Waals surface area contributed by atoms with E-state index in [0.29, 0.717) is 18.4 Å². The highest BCUT2D eigenvalue weighted by Crippen LogP contribution is 2.33. The van der Waals surface area contributed by atoms with Crippen LogP contribution in [0.4, 0.5) is 0 Å². The number of rotatable bonds is 5. The Balaban J connectivity index is 1.70. The highest BCUT2D eigenvalue weighted by atomic mass is 16.5. The van der Waals surface area contributed by atoms with E-state index in [2.05, 4.69) is 61.3 Å². The average Bonchev–Trinajstić information content (AvgIpc) is 3.36. The van der Waals surface area contributed by atoms with Crippen LogP contribution < -0.4 is 4.74 Å². The van der Waals surface area contributed by atoms with Crippen molar-refractivity contribution in [2.45, 2.75) is 52.0 Å². The number of allylic oxidation sites excluding steroid dienone is 1. The summed E-state index contributed by atoms with van der Waals surface area (Å²) in [5, 5.41) is 0. The zero-order chi connectivity index (χ0) is 20.4. The minimum atomic E-state index is -0.149. The minimum absolute atomic E-state index is 0.149. The predicted octanol–water partition coefficient (Wildman–Crippen LogP) is 5.58. The van der Waals surface area contributed by atoms with Crippen molar-refractivity contribution in [3.63, 3.8) is 0 Å². The average molecular weight is 391 g/mol. The van der Waals surface area contributed by atoms with Gasteiger partial charge in [-0.15, -0.1) is 0 Å². The third-order valence-corrected chi connectivity index (χ3v) is 5.73. The van der Waals surface area contributed by atoms with Crippen LogP contribution in [-0.4, -0.2) is 30.1 Å². The summed E-state index contributed by atoms with van der Waals surface area (Å²) >= 11 is 0. The van der Waals surface area contributed by atoms with Gasteiger partial charge < -0.3 is 9.47 Å². The first-order chi connectivity index (χ1) is 13.9. The molecule has 29 heavy (non-hydrogen) atoms. The number of methoxy groups -OCH3 is 1. The first kappa shape index (κ1) is 19.7. The van der Waals surface area contributed by atoms with Crippen molar-refractivity contribution in [3.05, 3.63) is 64.9 Å². The Morgan fingerprint density at radius 2 is 1.83 bits per heavy atom. The molecule has 0 bridgehead atoms. The zero-order valence-electron chi connectivity index (χ0n) is 17.9. The van der Waals surface area contributed by atoms with Crippen LogP contribution in [0.25, 0.3) is 5.57 Å². The highest BCUT2D eigenvalue weighted by Gasteiger charge is 2.27. The molecule has 0 unspecified atom stereocenters. The molecule has 1 aliphatic carbocycles. The fraction of sp³-hybridized carbons (Fsp3) is 0.440. The lowest BCUT2D eigenvalue weighted by atomic mass is 9.95. The lowest BCUT2D eigenvalue weighted by Gasteiger charge is -2.14. The van der Waals surface area contributed by atoms with Crippen LogP contribution in [0.3, 0.4) is 0 Å². The van der Waals surface area contributed by atoms with Crippen LogP contribution in [0, 0.1) is 12.8 Å². The molecule has 2 heterocycles. The van der Waals surface area contributed by atoms with E-state index in [1.165, 1.54) is 31.3 Å². The number of benzene rings is 1. The molecule has 0 atom stereocenters. The van der Waals surface area contributed by atoms with Crippen molar-refractivity contribution in [1.29, 1.82) is 0 Å². The lowest BCUT2D eigenvalue weighted by molar-refractivity contribution is 0.279. The van der Waals surface area contributed by atoms with Gasteiger partial charge in [-0.05, 0) is 63.3 Å². The van der Waals surface area contributed by atoms with E-state index in [-0.39, 0.29) is 5.54 Å². The maximum atomic E-state index is 5.80. The molecule has 0 radical (unpaired) electrons. The van der Waals surface area contributed by atoms with Gasteiger partial charge in [0.05, 0.1) is 18.3 Å². The Morgan fingerprint density at radius 3 is 2.45 bits per heavy atom. The SMILES string of the molecule is COc1nc(/C(=C\C2CCCC2)c2ccc(C3=NC(C)(C)CO3)cc2)ccc1C. The third-order valence-electron chi connectivity index (χ3n) is 5.73. The van der Waals surface area contributed by atoms with Crippen LogP contribution in [0.2, 0.25) is 0 Å². The topological polar surface area (TPSA) is 43.7 Å². The molecule has 0 spiro atoms. The quantitative estimate of drug-likeness (QED) is 0.670. The second kappa shape index (κ2) is 8.02. The number of nitrogens with zero attached hydrogens (tertiary/aromatic N) is 2. The minimum Gasteiger partial charge on any atom is -0.481 e. The van der Waals surface area contributed by atoms with Gasteiger partial charge in [-0.25, -0.2) is 9.98 Å². The number of pyridine rings is 1. The molecule has 1 saturated carbocycles. The smallest absolute Gasteiger partial charge is 0.216 e. The summed E-state index contributed by atoms with van der Waals surface area (Å²) in [4.78, 5) is 9.48. The second-order valence-corrected chi connectivity index (χ2v) is 8.74. The van der Waals surface area contributed by atoms with Crippen LogP contribution in [0.5, 0.6) is 5.88 Å². The van der Waals surface area contributed by atoms with E-state index < -0.39 is 0 Å². The predicted molar refractivity (Wildman–Crippen MR) is 118 cm³/mol. The zero-order valence-corrected chi connectivity index (χ0v) is 17.9. The Hall–Kier alpha value is -2.62. The fourth-order valence-corrected chi connectivity index (χ4v) is 4.08. The van der Waals surface area contributed by atoms with Gasteiger partial charge in [0.2, 0.25) is 11.8 Å². The van der Waals surface area contributed by atoms with Crippen LogP contribution >= 0.6 is 0 Å². The third kappa shape index (κ3) is 4.36. The Bertz CT molecular complexity index is 936. The van der Waals surface area contributed by atoms with E-state index >= 15 is 0 Å². The molecule has 2 aromatic rings. The van der Waals surface area contributed by atoms with E-state index in [0.717, 1.165) is 28.3 Å². The first-order valence-corrected chi connectivity index (χ1v) is 10.5. The Kier molecular flexibility index (Phi) is 5.44. The van der Waals surface area contributed by atoms with Crippen molar-refractivity contribution in [1.82, 2.24) is 4.98 Å². The molecule has 1 aromatic heterocycles. The molecule has 1 aliphatic heterocycles. The number of aryl methyl sites for hydroxylation is 1. The van der Waals surface area contributed by atoms with E-state index in [4.69, 9.17) is 14.5 Å².